The van der Waals surface area contributed by atoms with E-state index in [2.05, 4.69) is 107 Å². The monoisotopic (exact) mass is 1550 g/mol. The van der Waals surface area contributed by atoms with Gasteiger partial charge in [-0.05, 0) is 105 Å². The molecule has 0 aliphatic carbocycles. The van der Waals surface area contributed by atoms with Crippen molar-refractivity contribution < 1.29 is 47.0 Å². The fourth-order valence-corrected chi connectivity index (χ4v) is 10.8. The number of aliphatic hydroxyl groups excluding tert-OH is 1. The van der Waals surface area contributed by atoms with Crippen LogP contribution < -0.4 is 27.4 Å². The van der Waals surface area contributed by atoms with Crippen LogP contribution in [0.5, 0.6) is 0 Å². The number of aromatic nitrogens is 3. The number of anilines is 3. The summed E-state index contributed by atoms with van der Waals surface area (Å²) in [6.07, 6.45) is 0.836. The molecule has 0 unspecified atom stereocenters. The number of nitrogens with two attached hydrogens (primary N) is 2. The Balaban J connectivity index is 0.000000281. The summed E-state index contributed by atoms with van der Waals surface area (Å²) in [6, 6.07) is 28.2. The number of carbonyl (C=O) groups is 6. The third-order valence-electron chi connectivity index (χ3n) is 19.0. The molecule has 3 aliphatic heterocycles. The average molecular weight is 1550 g/mol. The van der Waals surface area contributed by atoms with Crippen LogP contribution in [0.25, 0.3) is 0 Å². The largest absolute Gasteiger partial charge is 0.396 e. The Morgan fingerprint density at radius 2 is 0.694 bits per heavy atom. The van der Waals surface area contributed by atoms with Crippen molar-refractivity contribution >= 4 is 87.7 Å². The van der Waals surface area contributed by atoms with E-state index in [1.807, 2.05) is 69.2 Å². The predicted molar refractivity (Wildman–Crippen MR) is 419 cm³/mol. The molecule has 0 bridgehead atoms. The molecule has 0 saturated heterocycles. The van der Waals surface area contributed by atoms with Crippen LogP contribution in [0.2, 0.25) is 15.5 Å². The molecular formula is C81H104Cl3F3N14O7. The van der Waals surface area contributed by atoms with Gasteiger partial charge in [-0.3, -0.25) is 43.5 Å². The molecular weight excluding hydrogens is 1440 g/mol. The van der Waals surface area contributed by atoms with Gasteiger partial charge in [-0.25, -0.2) is 28.1 Å². The van der Waals surface area contributed by atoms with Crippen LogP contribution in [0.15, 0.2) is 91.0 Å². The molecule has 3 aliphatic rings. The lowest BCUT2D eigenvalue weighted by Gasteiger charge is -2.34. The Hall–Kier alpha value is -9.06. The van der Waals surface area contributed by atoms with Crippen molar-refractivity contribution in [1.29, 1.82) is 15.8 Å². The van der Waals surface area contributed by atoms with Crippen LogP contribution in [0, 0.1) is 95.8 Å². The molecule has 0 spiro atoms. The van der Waals surface area contributed by atoms with E-state index in [1.165, 1.54) is 9.80 Å². The number of nitrogens with one attached hydrogen (secondary N) is 3. The van der Waals surface area contributed by atoms with Crippen molar-refractivity contribution in [3.63, 3.8) is 0 Å². The van der Waals surface area contributed by atoms with E-state index in [9.17, 15) is 41.9 Å². The van der Waals surface area contributed by atoms with Gasteiger partial charge in [0.1, 0.15) is 33.7 Å². The van der Waals surface area contributed by atoms with Crippen molar-refractivity contribution in [2.24, 2.45) is 55.8 Å². The van der Waals surface area contributed by atoms with Gasteiger partial charge in [0.05, 0.1) is 62.7 Å². The number of benzene rings is 3. The van der Waals surface area contributed by atoms with Gasteiger partial charge in [0.2, 0.25) is 0 Å². The van der Waals surface area contributed by atoms with Gasteiger partial charge in [-0.1, -0.05) is 217 Å². The first kappa shape index (κ1) is 91.3. The summed E-state index contributed by atoms with van der Waals surface area (Å²) < 4.78 is 41.9. The highest BCUT2D eigenvalue weighted by Gasteiger charge is 2.42. The maximum atomic E-state index is 14.4. The normalized spacial score (nSPS) is 15.0. The molecule has 9 rings (SSSR count). The number of carbonyl (C=O) groups excluding carboxylic acids is 6. The van der Waals surface area contributed by atoms with E-state index >= 15 is 0 Å². The van der Waals surface area contributed by atoms with Crippen molar-refractivity contribution in [3.05, 3.63) is 174 Å². The number of pyridine rings is 3. The predicted octanol–water partition coefficient (Wildman–Crippen LogP) is 16.7. The molecule has 27 heteroatoms. The van der Waals surface area contributed by atoms with Crippen molar-refractivity contribution in [2.45, 2.75) is 176 Å². The van der Waals surface area contributed by atoms with E-state index in [0.29, 0.717) is 59.0 Å². The molecule has 3 aromatic heterocycles. The van der Waals surface area contributed by atoms with Gasteiger partial charge >= 0.3 is 0 Å². The first-order chi connectivity index (χ1) is 49.8. The van der Waals surface area contributed by atoms with Gasteiger partial charge in [-0.2, -0.15) is 15.8 Å². The van der Waals surface area contributed by atoms with E-state index in [1.54, 1.807) is 91.0 Å². The number of rotatable bonds is 15. The van der Waals surface area contributed by atoms with E-state index < -0.39 is 28.9 Å². The Labute approximate surface area is 649 Å². The molecule has 0 radical (unpaired) electrons. The van der Waals surface area contributed by atoms with Crippen LogP contribution in [0.4, 0.5) is 30.6 Å². The van der Waals surface area contributed by atoms with Crippen LogP contribution in [-0.2, 0) is 0 Å². The maximum Gasteiger partial charge on any atom is 0.261 e. The minimum absolute atomic E-state index is 0.0137. The second kappa shape index (κ2) is 37.8. The number of amides is 6. The zero-order chi connectivity index (χ0) is 82.3. The molecule has 0 fully saturated rings. The molecule has 6 aromatic rings. The van der Waals surface area contributed by atoms with Gasteiger partial charge in [0.15, 0.2) is 34.9 Å². The SMILES string of the molecule is CC(C)(C)[C@@H](N)CN1C(=O)c2ccccc2C1=O.CC(C)(C)[C@H](CN)Nc1nc(Cl)c(C#N)cc1F.CC(C)(C)[C@H](CN1C(=O)c2ccccc2C1=O)Nc1nc(Cl)c(C#N)cc1F.CC[C@H](Nc1nc(Cl)c(C#N)cc1F)C(C)(C)C.C[C@@H](CN1C(=O)c2ccccc2C1=O)C(C)(C)C.C[C@@H](CO)C(C)(C)C. The second-order valence-corrected chi connectivity index (χ2v) is 34.2. The molecule has 6 atom stereocenters. The lowest BCUT2D eigenvalue weighted by atomic mass is 9.82. The summed E-state index contributed by atoms with van der Waals surface area (Å²) in [5.74, 6) is -2.84. The van der Waals surface area contributed by atoms with Crippen molar-refractivity contribution in [3.8, 4) is 18.2 Å². The van der Waals surface area contributed by atoms with Crippen molar-refractivity contribution in [2.75, 3.05) is 48.7 Å². The zero-order valence-corrected chi connectivity index (χ0v) is 68.0. The Bertz CT molecular complexity index is 4080. The highest BCUT2D eigenvalue weighted by Crippen LogP contribution is 2.35. The Morgan fingerprint density at radius 1 is 0.435 bits per heavy atom. The molecule has 8 N–H and O–H groups in total. The highest BCUT2D eigenvalue weighted by atomic mass is 35.5. The summed E-state index contributed by atoms with van der Waals surface area (Å²) >= 11 is 17.5. The van der Waals surface area contributed by atoms with Crippen LogP contribution in [0.3, 0.4) is 0 Å². The van der Waals surface area contributed by atoms with E-state index in [-0.39, 0.29) is 149 Å². The number of hydrogen-bond donors (Lipinski definition) is 6. The summed E-state index contributed by atoms with van der Waals surface area (Å²) in [7, 11) is 0. The third-order valence-corrected chi connectivity index (χ3v) is 19.9. The average Bonchev–Trinajstić information content (AvgIpc) is 1.64. The smallest absolute Gasteiger partial charge is 0.261 e. The number of nitriles is 3. The molecule has 3 aromatic carbocycles. The lowest BCUT2D eigenvalue weighted by Crippen LogP contribution is -2.47. The molecule has 582 valence electrons. The molecule has 6 heterocycles. The van der Waals surface area contributed by atoms with E-state index in [4.69, 9.17) is 67.2 Å². The van der Waals surface area contributed by atoms with Crippen molar-refractivity contribution in [1.82, 2.24) is 29.7 Å². The Morgan fingerprint density at radius 3 is 0.917 bits per heavy atom. The van der Waals surface area contributed by atoms with Gasteiger partial charge in [-0.15, -0.1) is 0 Å². The minimum Gasteiger partial charge on any atom is -0.396 e. The van der Waals surface area contributed by atoms with Crippen LogP contribution >= 0.6 is 34.8 Å². The molecule has 108 heavy (non-hydrogen) atoms. The summed E-state index contributed by atoms with van der Waals surface area (Å²) in [5, 5.41) is 43.8. The number of aliphatic hydroxyl groups is 1. The number of nitrogens with zero attached hydrogens (tertiary/aromatic N) is 9. The standard InChI is InChI=1S/C20H18ClFN4O2.C15H19NO2.C14H18N2O2.C13H17ClFN3.C12H16ClFN4.C7H16O/c1-20(2,3)15(24-17-14(22)8-11(9-23)16(21)25-17)10-26-18(27)12-6-4-5-7-13(12)19(26)28;1-10(15(2,3)4)9-16-13(17)11-7-5-6-8-12(11)14(16)18;1-14(2,3)11(15)8-16-12(17)9-6-4-5-7-10(9)13(16)18;1-5-10(13(2,3)4)17-12-9(15)6-8(7-16)11(14)18-12;1-12(2,3)9(6-16)17-11-8(14)4-7(5-15)10(13)18-11;1-6(5-8)7(2,3)4/h4-8,15H,10H2,1-3H3,(H,24,25);5-8,10H,9H2,1-4H3;4-7,11H,8,15H2,1-3H3;6,10H,5H2,1-4H3,(H,17,18);4,9H,6,16H2,1-3H3,(H,17,18);6,8H,5H2,1-4H3/t15-;10-;11-;10-;9-;6-/m000000/s1. The highest BCUT2D eigenvalue weighted by molar-refractivity contribution is 6.31. The zero-order valence-electron chi connectivity index (χ0n) is 65.7. The Kier molecular flexibility index (Phi) is 32.0. The number of imide groups is 3. The first-order valence-electron chi connectivity index (χ1n) is 35.3. The molecule has 21 nitrogen and oxygen atoms in total. The second-order valence-electron chi connectivity index (χ2n) is 33.1. The van der Waals surface area contributed by atoms with Gasteiger partial charge in [0.25, 0.3) is 35.4 Å². The lowest BCUT2D eigenvalue weighted by molar-refractivity contribution is 0.0586. The topological polar surface area (TPSA) is 331 Å². The maximum absolute atomic E-state index is 14.4. The van der Waals surface area contributed by atoms with Crippen LogP contribution in [-0.4, -0.2) is 127 Å². The quantitative estimate of drug-likeness (QED) is 0.0411. The van der Waals surface area contributed by atoms with Gasteiger partial charge < -0.3 is 32.5 Å². The fraction of sp³-hybridized carbons (Fsp3) is 0.481. The van der Waals surface area contributed by atoms with Gasteiger partial charge in [0, 0.05) is 44.4 Å². The molecule has 6 amide bonds. The number of hydrogen-bond acceptors (Lipinski definition) is 18. The summed E-state index contributed by atoms with van der Waals surface area (Å²) in [5.41, 5.74) is 14.0. The summed E-state index contributed by atoms with van der Waals surface area (Å²) in [6.45, 7) is 44.1. The summed E-state index contributed by atoms with van der Waals surface area (Å²) in [4.78, 5) is 89.3. The fourth-order valence-electron chi connectivity index (χ4n) is 10.2. The number of fused-ring (bicyclic) bond motifs is 3. The van der Waals surface area contributed by atoms with E-state index in [0.717, 1.165) is 29.5 Å². The third kappa shape index (κ3) is 24.2. The van der Waals surface area contributed by atoms with Crippen LogP contribution in [0.1, 0.15) is 231 Å². The number of halogens is 6. The first-order valence-corrected chi connectivity index (χ1v) is 36.5. The molecule has 0 saturated carbocycles. The minimum atomic E-state index is -0.738.